The molecule has 1 unspecified atom stereocenters. The van der Waals surface area contributed by atoms with E-state index in [1.54, 1.807) is 6.08 Å². The molecule has 2 heteroatoms. The summed E-state index contributed by atoms with van der Waals surface area (Å²) in [5.41, 5.74) is 5.17. The summed E-state index contributed by atoms with van der Waals surface area (Å²) in [6.07, 6.45) is 12.4. The Balaban J connectivity index is 2.98. The third-order valence-corrected chi connectivity index (χ3v) is 4.63. The molecule has 0 aliphatic carbocycles. The van der Waals surface area contributed by atoms with E-state index >= 15 is 0 Å². The van der Waals surface area contributed by atoms with E-state index in [0.29, 0.717) is 6.04 Å². The normalized spacial score (nSPS) is 13.2. The highest BCUT2D eigenvalue weighted by Gasteiger charge is 2.09. The molecule has 0 saturated carbocycles. The van der Waals surface area contributed by atoms with E-state index in [1.807, 2.05) is 12.2 Å². The molecule has 1 rings (SSSR count). The van der Waals surface area contributed by atoms with E-state index in [2.05, 4.69) is 76.9 Å². The molecule has 0 fully saturated rings. The van der Waals surface area contributed by atoms with Gasteiger partial charge in [-0.2, -0.15) is 0 Å². The SMILES string of the molecule is C=CCCCCC(C)N(C)/C=C(C=C)/C(C=C)=N/c1cc(C)ccc1C. The van der Waals surface area contributed by atoms with Gasteiger partial charge in [0, 0.05) is 24.9 Å². The average Bonchev–Trinajstić information content (AvgIpc) is 2.63. The van der Waals surface area contributed by atoms with Gasteiger partial charge in [-0.05, 0) is 63.3 Å². The van der Waals surface area contributed by atoms with Gasteiger partial charge in [0.05, 0.1) is 11.4 Å². The van der Waals surface area contributed by atoms with Crippen LogP contribution < -0.4 is 0 Å². The summed E-state index contributed by atoms with van der Waals surface area (Å²) >= 11 is 0. The Morgan fingerprint density at radius 1 is 1.15 bits per heavy atom. The molecule has 140 valence electrons. The molecule has 1 atom stereocenters. The summed E-state index contributed by atoms with van der Waals surface area (Å²) in [7, 11) is 2.11. The first-order chi connectivity index (χ1) is 12.4. The van der Waals surface area contributed by atoms with Crippen molar-refractivity contribution in [3.05, 3.63) is 79.1 Å². The van der Waals surface area contributed by atoms with E-state index in [9.17, 15) is 0 Å². The van der Waals surface area contributed by atoms with Gasteiger partial charge in [-0.25, -0.2) is 4.99 Å². The average molecular weight is 351 g/mol. The maximum Gasteiger partial charge on any atom is 0.0717 e. The van der Waals surface area contributed by atoms with Gasteiger partial charge < -0.3 is 4.90 Å². The molecule has 0 radical (unpaired) electrons. The molecule has 0 amide bonds. The lowest BCUT2D eigenvalue weighted by Gasteiger charge is -2.24. The van der Waals surface area contributed by atoms with Crippen LogP contribution in [-0.4, -0.2) is 23.7 Å². The zero-order valence-electron chi connectivity index (χ0n) is 17.0. The Morgan fingerprint density at radius 2 is 1.88 bits per heavy atom. The zero-order chi connectivity index (χ0) is 19.5. The molecule has 0 aromatic heterocycles. The quantitative estimate of drug-likeness (QED) is 0.188. The Labute approximate surface area is 160 Å². The van der Waals surface area contributed by atoms with Crippen LogP contribution in [0.15, 0.2) is 72.9 Å². The van der Waals surface area contributed by atoms with Gasteiger partial charge in [0.2, 0.25) is 0 Å². The molecular weight excluding hydrogens is 316 g/mol. The van der Waals surface area contributed by atoms with Crippen LogP contribution in [0.25, 0.3) is 0 Å². The van der Waals surface area contributed by atoms with Crippen LogP contribution in [0.3, 0.4) is 0 Å². The van der Waals surface area contributed by atoms with Crippen molar-refractivity contribution in [3.63, 3.8) is 0 Å². The topological polar surface area (TPSA) is 15.6 Å². The largest absolute Gasteiger partial charge is 0.377 e. The van der Waals surface area contributed by atoms with Crippen molar-refractivity contribution in [3.8, 4) is 0 Å². The molecule has 0 bridgehead atoms. The Bertz CT molecular complexity index is 679. The first-order valence-corrected chi connectivity index (χ1v) is 9.38. The smallest absolute Gasteiger partial charge is 0.0717 e. The second-order valence-corrected chi connectivity index (χ2v) is 6.87. The van der Waals surface area contributed by atoms with Gasteiger partial charge in [-0.3, -0.25) is 0 Å². The number of rotatable bonds is 11. The molecule has 2 nitrogen and oxygen atoms in total. The van der Waals surface area contributed by atoms with Crippen molar-refractivity contribution >= 4 is 11.4 Å². The minimum atomic E-state index is 0.460. The lowest BCUT2D eigenvalue weighted by molar-refractivity contribution is 0.325. The van der Waals surface area contributed by atoms with Crippen LogP contribution >= 0.6 is 0 Å². The second kappa shape index (κ2) is 11.3. The van der Waals surface area contributed by atoms with E-state index < -0.39 is 0 Å². The first-order valence-electron chi connectivity index (χ1n) is 9.38. The highest BCUT2D eigenvalue weighted by Crippen LogP contribution is 2.22. The number of aliphatic imine (C=N–C) groups is 1. The van der Waals surface area contributed by atoms with Crippen molar-refractivity contribution in [2.45, 2.75) is 52.5 Å². The number of unbranched alkanes of at least 4 members (excludes halogenated alkanes) is 2. The van der Waals surface area contributed by atoms with Crippen molar-refractivity contribution < 1.29 is 0 Å². The third kappa shape index (κ3) is 6.87. The van der Waals surface area contributed by atoms with Crippen LogP contribution in [0.4, 0.5) is 5.69 Å². The molecule has 0 N–H and O–H groups in total. The highest BCUT2D eigenvalue weighted by atomic mass is 15.1. The molecular formula is C24H34N2. The molecule has 0 aliphatic rings. The van der Waals surface area contributed by atoms with Crippen LogP contribution in [0.1, 0.15) is 43.7 Å². The minimum Gasteiger partial charge on any atom is -0.377 e. The molecule has 0 spiro atoms. The summed E-state index contributed by atoms with van der Waals surface area (Å²) in [6.45, 7) is 18.1. The van der Waals surface area contributed by atoms with Gasteiger partial charge >= 0.3 is 0 Å². The Morgan fingerprint density at radius 3 is 2.50 bits per heavy atom. The van der Waals surface area contributed by atoms with E-state index in [-0.39, 0.29) is 0 Å². The number of nitrogens with zero attached hydrogens (tertiary/aromatic N) is 2. The number of aryl methyl sites for hydroxylation is 2. The van der Waals surface area contributed by atoms with Crippen LogP contribution in [0.5, 0.6) is 0 Å². The first kappa shape index (κ1) is 21.7. The number of allylic oxidation sites excluding steroid dienone is 4. The summed E-state index contributed by atoms with van der Waals surface area (Å²) in [5.74, 6) is 0. The number of benzene rings is 1. The van der Waals surface area contributed by atoms with E-state index in [0.717, 1.165) is 35.4 Å². The van der Waals surface area contributed by atoms with Gasteiger partial charge in [0.1, 0.15) is 0 Å². The standard InChI is InChI=1S/C24H34N2/c1-8-11-12-13-14-21(6)26(7)18-22(9-2)23(10-3)25-24-17-19(4)15-16-20(24)5/h8-10,15-18,21H,1-3,11-14H2,4-7H3/b22-18+,25-23+. The predicted molar refractivity (Wildman–Crippen MR) is 117 cm³/mol. The van der Waals surface area contributed by atoms with Gasteiger partial charge in [-0.1, -0.05) is 43.9 Å². The summed E-state index contributed by atoms with van der Waals surface area (Å²) < 4.78 is 0. The summed E-state index contributed by atoms with van der Waals surface area (Å²) in [5, 5.41) is 0. The van der Waals surface area contributed by atoms with Crippen molar-refractivity contribution in [2.75, 3.05) is 7.05 Å². The fraction of sp³-hybridized carbons (Fsp3) is 0.375. The molecule has 1 aromatic rings. The number of hydrogen-bond acceptors (Lipinski definition) is 2. The summed E-state index contributed by atoms with van der Waals surface area (Å²) in [4.78, 5) is 7.07. The van der Waals surface area contributed by atoms with Crippen molar-refractivity contribution in [1.29, 1.82) is 0 Å². The maximum absolute atomic E-state index is 4.83. The lowest BCUT2D eigenvalue weighted by Crippen LogP contribution is -2.24. The summed E-state index contributed by atoms with van der Waals surface area (Å²) in [6, 6.07) is 6.77. The molecule has 26 heavy (non-hydrogen) atoms. The fourth-order valence-corrected chi connectivity index (χ4v) is 2.70. The fourth-order valence-electron chi connectivity index (χ4n) is 2.70. The van der Waals surface area contributed by atoms with Crippen LogP contribution in [0, 0.1) is 13.8 Å². The zero-order valence-corrected chi connectivity index (χ0v) is 17.0. The highest BCUT2D eigenvalue weighted by molar-refractivity contribution is 6.11. The van der Waals surface area contributed by atoms with E-state index in [4.69, 9.17) is 4.99 Å². The monoisotopic (exact) mass is 350 g/mol. The third-order valence-electron chi connectivity index (χ3n) is 4.63. The predicted octanol–water partition coefficient (Wildman–Crippen LogP) is 6.70. The van der Waals surface area contributed by atoms with E-state index in [1.165, 1.54) is 18.4 Å². The molecule has 0 saturated heterocycles. The molecule has 0 heterocycles. The van der Waals surface area contributed by atoms with Gasteiger partial charge in [-0.15, -0.1) is 6.58 Å². The molecule has 0 aliphatic heterocycles. The van der Waals surface area contributed by atoms with Gasteiger partial charge in [0.25, 0.3) is 0 Å². The molecule has 1 aromatic carbocycles. The van der Waals surface area contributed by atoms with Crippen LogP contribution in [-0.2, 0) is 0 Å². The van der Waals surface area contributed by atoms with Crippen molar-refractivity contribution in [2.24, 2.45) is 4.99 Å². The minimum absolute atomic E-state index is 0.460. The van der Waals surface area contributed by atoms with Crippen molar-refractivity contribution in [1.82, 2.24) is 4.90 Å². The Kier molecular flexibility index (Phi) is 9.43. The second-order valence-electron chi connectivity index (χ2n) is 6.87. The van der Waals surface area contributed by atoms with Gasteiger partial charge in [0.15, 0.2) is 0 Å². The Hall–Kier alpha value is -2.35. The number of hydrogen-bond donors (Lipinski definition) is 0. The lowest BCUT2D eigenvalue weighted by atomic mass is 10.1. The van der Waals surface area contributed by atoms with Crippen LogP contribution in [0.2, 0.25) is 0 Å². The maximum atomic E-state index is 4.83.